The lowest BCUT2D eigenvalue weighted by Gasteiger charge is -2.06. The van der Waals surface area contributed by atoms with Gasteiger partial charge in [0.1, 0.15) is 3.70 Å². The highest BCUT2D eigenvalue weighted by Crippen LogP contribution is 2.24. The van der Waals surface area contributed by atoms with Crippen LogP contribution >= 0.6 is 22.6 Å². The average molecular weight is 312 g/mol. The quantitative estimate of drug-likeness (QED) is 0.671. The van der Waals surface area contributed by atoms with Gasteiger partial charge in [-0.25, -0.2) is 13.8 Å². The summed E-state index contributed by atoms with van der Waals surface area (Å²) in [6.07, 6.45) is -2.65. The molecule has 0 aliphatic heterocycles. The summed E-state index contributed by atoms with van der Waals surface area (Å²) < 4.78 is 25.0. The Balaban J connectivity index is 3.34. The molecule has 0 spiro atoms. The van der Waals surface area contributed by atoms with Crippen molar-refractivity contribution in [1.29, 1.82) is 0 Å². The van der Waals surface area contributed by atoms with Crippen molar-refractivity contribution in [2.24, 2.45) is 5.73 Å². The van der Waals surface area contributed by atoms with Gasteiger partial charge in [0.15, 0.2) is 0 Å². The van der Waals surface area contributed by atoms with Crippen molar-refractivity contribution in [3.8, 4) is 0 Å². The van der Waals surface area contributed by atoms with Crippen LogP contribution in [0, 0.1) is 10.6 Å². The molecular weight excluding hydrogens is 305 g/mol. The molecule has 0 saturated heterocycles. The molecule has 0 aromatic carbocycles. The number of amides is 1. The third-order valence-corrected chi connectivity index (χ3v) is 2.56. The summed E-state index contributed by atoms with van der Waals surface area (Å²) >= 11 is 1.70. The summed E-state index contributed by atoms with van der Waals surface area (Å²) in [6, 6.07) is 1.09. The van der Waals surface area contributed by atoms with Crippen LogP contribution in [0.4, 0.5) is 8.78 Å². The highest BCUT2D eigenvalue weighted by Gasteiger charge is 2.17. The maximum absolute atomic E-state index is 12.4. The Morgan fingerprint density at radius 1 is 1.64 bits per heavy atom. The highest BCUT2D eigenvalue weighted by molar-refractivity contribution is 14.1. The number of alkyl halides is 2. The van der Waals surface area contributed by atoms with E-state index in [0.29, 0.717) is 5.69 Å². The predicted octanol–water partition coefficient (Wildman–Crippen LogP) is 2.03. The second kappa shape index (κ2) is 4.16. The molecule has 3 nitrogen and oxygen atoms in total. The fourth-order valence-electron chi connectivity index (χ4n) is 0.994. The fraction of sp³-hybridized carbons (Fsp3) is 0.250. The Kier molecular flexibility index (Phi) is 3.35. The first-order valence-corrected chi connectivity index (χ1v) is 4.76. The van der Waals surface area contributed by atoms with Crippen LogP contribution in [-0.2, 0) is 0 Å². The van der Waals surface area contributed by atoms with E-state index in [1.54, 1.807) is 29.5 Å². The first-order chi connectivity index (χ1) is 6.43. The first-order valence-electron chi connectivity index (χ1n) is 3.68. The maximum Gasteiger partial charge on any atom is 0.266 e. The summed E-state index contributed by atoms with van der Waals surface area (Å²) in [5.41, 5.74) is 5.16. The number of halogens is 3. The second-order valence-corrected chi connectivity index (χ2v) is 3.69. The Bertz CT molecular complexity index is 382. The SMILES string of the molecule is Cc1nc(I)c(C(F)F)cc1C(N)=O. The van der Waals surface area contributed by atoms with Crippen molar-refractivity contribution < 1.29 is 13.6 Å². The summed E-state index contributed by atoms with van der Waals surface area (Å²) in [5.74, 6) is -0.742. The molecule has 0 radical (unpaired) electrons. The topological polar surface area (TPSA) is 56.0 Å². The van der Waals surface area contributed by atoms with E-state index in [-0.39, 0.29) is 14.8 Å². The van der Waals surface area contributed by atoms with Crippen molar-refractivity contribution >= 4 is 28.5 Å². The van der Waals surface area contributed by atoms with Gasteiger partial charge in [0, 0.05) is 0 Å². The molecule has 76 valence electrons. The zero-order valence-electron chi connectivity index (χ0n) is 7.22. The third-order valence-electron chi connectivity index (χ3n) is 1.69. The maximum atomic E-state index is 12.4. The number of nitrogens with zero attached hydrogens (tertiary/aromatic N) is 1. The Morgan fingerprint density at radius 3 is 2.64 bits per heavy atom. The fourth-order valence-corrected chi connectivity index (χ4v) is 1.75. The molecular formula is C8H7F2IN2O. The molecule has 0 fully saturated rings. The number of aryl methyl sites for hydroxylation is 1. The van der Waals surface area contributed by atoms with Crippen LogP contribution in [-0.4, -0.2) is 10.9 Å². The number of hydrogen-bond acceptors (Lipinski definition) is 2. The number of primary amides is 1. The van der Waals surface area contributed by atoms with E-state index in [1.807, 2.05) is 0 Å². The van der Waals surface area contributed by atoms with Gasteiger partial charge < -0.3 is 5.73 Å². The minimum Gasteiger partial charge on any atom is -0.366 e. The number of hydrogen-bond donors (Lipinski definition) is 1. The van der Waals surface area contributed by atoms with Gasteiger partial charge in [0.05, 0.1) is 16.8 Å². The van der Waals surface area contributed by atoms with Crippen LogP contribution < -0.4 is 5.73 Å². The molecule has 0 bridgehead atoms. The standard InChI is InChI=1S/C8H7F2IN2O/c1-3-4(8(12)14)2-5(6(9)10)7(11)13-3/h2,6H,1H3,(H2,12,14). The largest absolute Gasteiger partial charge is 0.366 e. The van der Waals surface area contributed by atoms with E-state index in [1.165, 1.54) is 0 Å². The van der Waals surface area contributed by atoms with E-state index in [2.05, 4.69) is 4.98 Å². The van der Waals surface area contributed by atoms with Gasteiger partial charge in [-0.1, -0.05) is 0 Å². The lowest BCUT2D eigenvalue weighted by Crippen LogP contribution is -2.15. The zero-order valence-corrected chi connectivity index (χ0v) is 9.38. The van der Waals surface area contributed by atoms with Gasteiger partial charge in [0.2, 0.25) is 0 Å². The molecule has 1 amide bonds. The predicted molar refractivity (Wildman–Crippen MR) is 55.2 cm³/mol. The molecule has 1 aromatic rings. The molecule has 1 aromatic heterocycles. The number of carbonyl (C=O) groups is 1. The second-order valence-electron chi connectivity index (χ2n) is 2.67. The Morgan fingerprint density at radius 2 is 2.21 bits per heavy atom. The molecule has 0 unspecified atom stereocenters. The lowest BCUT2D eigenvalue weighted by molar-refractivity contribution is 0.0998. The van der Waals surface area contributed by atoms with Crippen molar-refractivity contribution in [2.45, 2.75) is 13.3 Å². The molecule has 14 heavy (non-hydrogen) atoms. The molecule has 1 heterocycles. The third kappa shape index (κ3) is 2.17. The van der Waals surface area contributed by atoms with Crippen molar-refractivity contribution in [1.82, 2.24) is 4.98 Å². The van der Waals surface area contributed by atoms with Crippen LogP contribution in [0.1, 0.15) is 28.0 Å². The van der Waals surface area contributed by atoms with E-state index >= 15 is 0 Å². The molecule has 0 atom stereocenters. The van der Waals surface area contributed by atoms with Crippen LogP contribution in [0.5, 0.6) is 0 Å². The van der Waals surface area contributed by atoms with Gasteiger partial charge in [-0.2, -0.15) is 0 Å². The summed E-state index contributed by atoms with van der Waals surface area (Å²) in [5, 5.41) is 0. The highest BCUT2D eigenvalue weighted by atomic mass is 127. The lowest BCUT2D eigenvalue weighted by atomic mass is 10.1. The Labute approximate surface area is 92.8 Å². The van der Waals surface area contributed by atoms with Crippen LogP contribution in [0.25, 0.3) is 0 Å². The molecule has 2 N–H and O–H groups in total. The molecule has 0 aliphatic carbocycles. The van der Waals surface area contributed by atoms with Crippen LogP contribution in [0.2, 0.25) is 0 Å². The van der Waals surface area contributed by atoms with Crippen molar-refractivity contribution in [2.75, 3.05) is 0 Å². The van der Waals surface area contributed by atoms with Crippen molar-refractivity contribution in [3.05, 3.63) is 26.6 Å². The number of nitrogens with two attached hydrogens (primary N) is 1. The number of pyridine rings is 1. The van der Waals surface area contributed by atoms with Gasteiger partial charge in [-0.15, -0.1) is 0 Å². The number of rotatable bonds is 2. The minimum absolute atomic E-state index is 0.0423. The van der Waals surface area contributed by atoms with Gasteiger partial charge >= 0.3 is 0 Å². The van der Waals surface area contributed by atoms with Gasteiger partial charge in [0.25, 0.3) is 12.3 Å². The number of aromatic nitrogens is 1. The molecule has 1 rings (SSSR count). The normalized spacial score (nSPS) is 10.6. The summed E-state index contributed by atoms with van der Waals surface area (Å²) in [7, 11) is 0. The number of carbonyl (C=O) groups excluding carboxylic acids is 1. The average Bonchev–Trinajstić information content (AvgIpc) is 2.02. The van der Waals surface area contributed by atoms with Gasteiger partial charge in [-0.05, 0) is 35.6 Å². The van der Waals surface area contributed by atoms with E-state index in [9.17, 15) is 13.6 Å². The van der Waals surface area contributed by atoms with Crippen LogP contribution in [0.15, 0.2) is 6.07 Å². The van der Waals surface area contributed by atoms with Crippen molar-refractivity contribution in [3.63, 3.8) is 0 Å². The molecule has 0 saturated carbocycles. The first kappa shape index (κ1) is 11.3. The summed E-state index contributed by atoms with van der Waals surface area (Å²) in [6.45, 7) is 1.55. The molecule has 0 aliphatic rings. The Hall–Kier alpha value is -0.790. The van der Waals surface area contributed by atoms with E-state index in [4.69, 9.17) is 5.73 Å². The summed E-state index contributed by atoms with van der Waals surface area (Å²) in [4.78, 5) is 14.7. The van der Waals surface area contributed by atoms with Gasteiger partial charge in [-0.3, -0.25) is 4.79 Å². The zero-order chi connectivity index (χ0) is 10.9. The minimum atomic E-state index is -2.65. The molecule has 6 heteroatoms. The smallest absolute Gasteiger partial charge is 0.266 e. The monoisotopic (exact) mass is 312 g/mol. The van der Waals surface area contributed by atoms with E-state index < -0.39 is 12.3 Å². The van der Waals surface area contributed by atoms with E-state index in [0.717, 1.165) is 6.07 Å². The van der Waals surface area contributed by atoms with Crippen LogP contribution in [0.3, 0.4) is 0 Å².